The molecule has 0 aromatic heterocycles. The molecular formula is C19H24N2O5S. The van der Waals surface area contributed by atoms with Gasteiger partial charge in [-0.25, -0.2) is 12.7 Å². The summed E-state index contributed by atoms with van der Waals surface area (Å²) in [7, 11) is -3.89. The maximum Gasteiger partial charge on any atom is 0.269 e. The van der Waals surface area contributed by atoms with E-state index in [1.165, 1.54) is 12.1 Å². The molecule has 3 heterocycles. The molecule has 2 fully saturated rings. The van der Waals surface area contributed by atoms with E-state index in [9.17, 15) is 23.1 Å². The zero-order chi connectivity index (χ0) is 19.4. The van der Waals surface area contributed by atoms with E-state index >= 15 is 0 Å². The normalized spacial score (nSPS) is 30.8. The van der Waals surface area contributed by atoms with E-state index in [0.29, 0.717) is 0 Å². The molecule has 2 amide bonds. The van der Waals surface area contributed by atoms with Crippen molar-refractivity contribution in [2.24, 2.45) is 5.41 Å². The van der Waals surface area contributed by atoms with Gasteiger partial charge in [0.15, 0.2) is 0 Å². The lowest BCUT2D eigenvalue weighted by molar-refractivity contribution is -0.133. The van der Waals surface area contributed by atoms with E-state index in [1.54, 1.807) is 12.1 Å². The van der Waals surface area contributed by atoms with Crippen LogP contribution in [0, 0.1) is 5.41 Å². The number of fused-ring (bicyclic) bond motifs is 3. The molecule has 3 aliphatic heterocycles. The second-order valence-corrected chi connectivity index (χ2v) is 9.59. The number of rotatable bonds is 5. The van der Waals surface area contributed by atoms with E-state index in [2.05, 4.69) is 0 Å². The third-order valence-electron chi connectivity index (χ3n) is 6.60. The Hall–Kier alpha value is -1.93. The largest absolute Gasteiger partial charge is 0.396 e. The molecule has 0 radical (unpaired) electrons. The number of aliphatic hydroxyl groups is 1. The van der Waals surface area contributed by atoms with Crippen molar-refractivity contribution < 1.29 is 23.1 Å². The minimum atomic E-state index is -3.89. The first-order chi connectivity index (χ1) is 12.9. The van der Waals surface area contributed by atoms with Crippen LogP contribution in [0.5, 0.6) is 0 Å². The van der Waals surface area contributed by atoms with Crippen LogP contribution in [-0.2, 0) is 14.8 Å². The van der Waals surface area contributed by atoms with Crippen molar-refractivity contribution in [1.29, 1.82) is 0 Å². The fourth-order valence-electron chi connectivity index (χ4n) is 5.11. The van der Waals surface area contributed by atoms with Crippen molar-refractivity contribution in [3.8, 4) is 0 Å². The van der Waals surface area contributed by atoms with Crippen LogP contribution in [0.2, 0.25) is 0 Å². The van der Waals surface area contributed by atoms with Gasteiger partial charge in [-0.15, -0.1) is 0 Å². The molecule has 0 unspecified atom stereocenters. The van der Waals surface area contributed by atoms with Crippen molar-refractivity contribution in [3.05, 3.63) is 29.8 Å². The first-order valence-electron chi connectivity index (χ1n) is 9.44. The van der Waals surface area contributed by atoms with Gasteiger partial charge in [-0.05, 0) is 37.8 Å². The van der Waals surface area contributed by atoms with Gasteiger partial charge in [0.25, 0.3) is 15.9 Å². The smallest absolute Gasteiger partial charge is 0.269 e. The van der Waals surface area contributed by atoms with Crippen LogP contribution in [0.1, 0.15) is 49.4 Å². The second-order valence-electron chi connectivity index (χ2n) is 7.75. The summed E-state index contributed by atoms with van der Waals surface area (Å²) in [6.45, 7) is 1.94. The van der Waals surface area contributed by atoms with E-state index in [1.807, 2.05) is 11.8 Å². The van der Waals surface area contributed by atoms with Crippen molar-refractivity contribution in [2.45, 2.75) is 56.0 Å². The lowest BCUT2D eigenvalue weighted by Crippen LogP contribution is -2.43. The number of carbonyl (C=O) groups excluding carboxylic acids is 2. The van der Waals surface area contributed by atoms with E-state index in [4.69, 9.17) is 0 Å². The summed E-state index contributed by atoms with van der Waals surface area (Å²) >= 11 is 0. The Bertz CT molecular complexity index is 893. The molecule has 4 rings (SSSR count). The van der Waals surface area contributed by atoms with Crippen molar-refractivity contribution in [2.75, 3.05) is 13.2 Å². The maximum absolute atomic E-state index is 12.9. The van der Waals surface area contributed by atoms with Crippen LogP contribution < -0.4 is 0 Å². The minimum absolute atomic E-state index is 0.00749. The van der Waals surface area contributed by atoms with Gasteiger partial charge in [-0.3, -0.25) is 9.59 Å². The SMILES string of the molecule is CC[C@@]1(CO)C[C@@H]2CC[C@H]1N2C(=O)CCN1C(=O)c2ccccc2S1(=O)=O. The van der Waals surface area contributed by atoms with Crippen LogP contribution in [0.3, 0.4) is 0 Å². The quantitative estimate of drug-likeness (QED) is 0.817. The highest BCUT2D eigenvalue weighted by Crippen LogP contribution is 2.51. The lowest BCUT2D eigenvalue weighted by atomic mass is 9.72. The molecule has 1 N–H and O–H groups in total. The minimum Gasteiger partial charge on any atom is -0.396 e. The number of hydrogen-bond acceptors (Lipinski definition) is 5. The van der Waals surface area contributed by atoms with Crippen LogP contribution in [0.25, 0.3) is 0 Å². The third-order valence-corrected chi connectivity index (χ3v) is 8.44. The molecule has 146 valence electrons. The van der Waals surface area contributed by atoms with Gasteiger partial charge in [0.2, 0.25) is 5.91 Å². The number of amides is 2. The zero-order valence-electron chi connectivity index (χ0n) is 15.3. The first kappa shape index (κ1) is 18.4. The number of hydrogen-bond donors (Lipinski definition) is 1. The molecule has 2 bridgehead atoms. The average Bonchev–Trinajstić information content (AvgIpc) is 3.29. The van der Waals surface area contributed by atoms with Gasteiger partial charge in [-0.1, -0.05) is 19.1 Å². The number of sulfonamides is 1. The molecule has 3 atom stereocenters. The molecule has 0 spiro atoms. The van der Waals surface area contributed by atoms with Gasteiger partial charge in [0.1, 0.15) is 4.90 Å². The summed E-state index contributed by atoms with van der Waals surface area (Å²) in [6, 6.07) is 6.24. The molecule has 8 heteroatoms. The van der Waals surface area contributed by atoms with Crippen LogP contribution in [0.4, 0.5) is 0 Å². The van der Waals surface area contributed by atoms with Gasteiger partial charge in [0, 0.05) is 30.5 Å². The fraction of sp³-hybridized carbons (Fsp3) is 0.579. The molecule has 3 aliphatic rings. The van der Waals surface area contributed by atoms with E-state index < -0.39 is 15.9 Å². The summed E-state index contributed by atoms with van der Waals surface area (Å²) in [5.41, 5.74) is -0.0823. The summed E-state index contributed by atoms with van der Waals surface area (Å²) in [4.78, 5) is 27.2. The van der Waals surface area contributed by atoms with Gasteiger partial charge in [-0.2, -0.15) is 0 Å². The van der Waals surface area contributed by atoms with E-state index in [0.717, 1.165) is 30.0 Å². The lowest BCUT2D eigenvalue weighted by Gasteiger charge is -2.35. The Morgan fingerprint density at radius 3 is 2.67 bits per heavy atom. The van der Waals surface area contributed by atoms with Crippen LogP contribution in [0.15, 0.2) is 29.2 Å². The number of aliphatic hydroxyl groups excluding tert-OH is 1. The Labute approximate surface area is 159 Å². The summed E-state index contributed by atoms with van der Waals surface area (Å²) in [5.74, 6) is -0.703. The van der Waals surface area contributed by atoms with Crippen molar-refractivity contribution in [1.82, 2.24) is 9.21 Å². The van der Waals surface area contributed by atoms with Crippen LogP contribution in [-0.4, -0.2) is 59.8 Å². The zero-order valence-corrected chi connectivity index (χ0v) is 16.1. The summed E-state index contributed by atoms with van der Waals surface area (Å²) in [6.07, 6.45) is 3.37. The summed E-state index contributed by atoms with van der Waals surface area (Å²) in [5, 5.41) is 9.87. The van der Waals surface area contributed by atoms with Crippen molar-refractivity contribution in [3.63, 3.8) is 0 Å². The monoisotopic (exact) mass is 392 g/mol. The molecule has 0 saturated carbocycles. The highest BCUT2D eigenvalue weighted by atomic mass is 32.2. The average molecular weight is 392 g/mol. The van der Waals surface area contributed by atoms with E-state index in [-0.39, 0.29) is 53.4 Å². The highest BCUT2D eigenvalue weighted by molar-refractivity contribution is 7.90. The maximum atomic E-state index is 12.9. The Kier molecular flexibility index (Phi) is 4.31. The molecule has 7 nitrogen and oxygen atoms in total. The topological polar surface area (TPSA) is 95.0 Å². The highest BCUT2D eigenvalue weighted by Gasteiger charge is 2.56. The molecule has 2 saturated heterocycles. The molecule has 27 heavy (non-hydrogen) atoms. The summed E-state index contributed by atoms with van der Waals surface area (Å²) < 4.78 is 26.0. The number of carbonyl (C=O) groups is 2. The molecular weight excluding hydrogens is 368 g/mol. The fourth-order valence-corrected chi connectivity index (χ4v) is 6.68. The predicted octanol–water partition coefficient (Wildman–Crippen LogP) is 1.37. The van der Waals surface area contributed by atoms with Gasteiger partial charge >= 0.3 is 0 Å². The Balaban J connectivity index is 1.49. The first-order valence-corrected chi connectivity index (χ1v) is 10.9. The standard InChI is InChI=1S/C19H24N2O5S/c1-2-19(12-22)11-13-7-8-16(19)21(13)17(23)9-10-20-18(24)14-5-3-4-6-15(14)27(20,25)26/h3-6,13,16,22H,2,7-12H2,1H3/t13-,16+,19-/m0/s1. The molecule has 1 aromatic carbocycles. The third kappa shape index (κ3) is 2.53. The Morgan fingerprint density at radius 2 is 2.04 bits per heavy atom. The number of nitrogens with zero attached hydrogens (tertiary/aromatic N) is 2. The second kappa shape index (κ2) is 6.31. The molecule has 1 aromatic rings. The Morgan fingerprint density at radius 1 is 1.30 bits per heavy atom. The van der Waals surface area contributed by atoms with Gasteiger partial charge in [0.05, 0.1) is 12.2 Å². The van der Waals surface area contributed by atoms with Gasteiger partial charge < -0.3 is 10.0 Å². The van der Waals surface area contributed by atoms with Crippen molar-refractivity contribution >= 4 is 21.8 Å². The number of benzene rings is 1. The molecule has 0 aliphatic carbocycles. The predicted molar refractivity (Wildman–Crippen MR) is 97.4 cm³/mol. The van der Waals surface area contributed by atoms with Crippen LogP contribution >= 0.6 is 0 Å².